The maximum atomic E-state index is 12.0. The maximum Gasteiger partial charge on any atom is 0.180 e. The van der Waals surface area contributed by atoms with Crippen LogP contribution in [0, 0.1) is 0 Å². The highest BCUT2D eigenvalue weighted by Crippen LogP contribution is 2.33. The normalized spacial score (nSPS) is 11.6. The largest absolute Gasteiger partial charge is 0.379 e. The van der Waals surface area contributed by atoms with Crippen molar-refractivity contribution >= 4 is 58.7 Å². The third kappa shape index (κ3) is 3.63. The van der Waals surface area contributed by atoms with Crippen LogP contribution in [-0.2, 0) is 16.4 Å². The van der Waals surface area contributed by atoms with Gasteiger partial charge in [-0.15, -0.1) is 11.3 Å². The van der Waals surface area contributed by atoms with Gasteiger partial charge in [-0.3, -0.25) is 0 Å². The van der Waals surface area contributed by atoms with Crippen molar-refractivity contribution in [2.45, 2.75) is 18.4 Å². The standard InChI is InChI=1S/C13H13Br2NO2S2/c1-2-20(17,18)12-6-4-3-5-11(12)16-8-9-7-10(14)13(15)19-9/h3-7,16H,2,8H2,1H3. The molecular weight excluding hydrogens is 426 g/mol. The third-order valence-corrected chi connectivity index (χ3v) is 7.79. The predicted octanol–water partition coefficient (Wildman–Crippen LogP) is 4.68. The number of nitrogens with one attached hydrogen (secondary N) is 1. The number of hydrogen-bond acceptors (Lipinski definition) is 4. The van der Waals surface area contributed by atoms with Gasteiger partial charge < -0.3 is 5.32 Å². The van der Waals surface area contributed by atoms with Gasteiger partial charge in [0.15, 0.2) is 9.84 Å². The zero-order valence-corrected chi connectivity index (χ0v) is 15.5. The Morgan fingerprint density at radius 2 is 1.95 bits per heavy atom. The first-order chi connectivity index (χ1) is 9.44. The molecule has 0 spiro atoms. The molecule has 20 heavy (non-hydrogen) atoms. The quantitative estimate of drug-likeness (QED) is 0.737. The summed E-state index contributed by atoms with van der Waals surface area (Å²) in [6, 6.07) is 9.02. The van der Waals surface area contributed by atoms with E-state index in [1.54, 1.807) is 36.5 Å². The van der Waals surface area contributed by atoms with Crippen LogP contribution in [0.1, 0.15) is 11.8 Å². The second-order valence-electron chi connectivity index (χ2n) is 4.09. The molecule has 1 N–H and O–H groups in total. The number of hydrogen-bond donors (Lipinski definition) is 1. The van der Waals surface area contributed by atoms with E-state index in [1.807, 2.05) is 12.1 Å². The Kier molecular flexibility index (Phi) is 5.28. The highest BCUT2D eigenvalue weighted by atomic mass is 79.9. The fraction of sp³-hybridized carbons (Fsp3) is 0.231. The van der Waals surface area contributed by atoms with Crippen LogP contribution in [0.25, 0.3) is 0 Å². The molecule has 0 bridgehead atoms. The van der Waals surface area contributed by atoms with Crippen LogP contribution in [0.2, 0.25) is 0 Å². The van der Waals surface area contributed by atoms with E-state index in [-0.39, 0.29) is 5.75 Å². The van der Waals surface area contributed by atoms with Gasteiger partial charge in [-0.05, 0) is 50.1 Å². The predicted molar refractivity (Wildman–Crippen MR) is 91.2 cm³/mol. The van der Waals surface area contributed by atoms with Gasteiger partial charge in [0.05, 0.1) is 20.1 Å². The number of anilines is 1. The van der Waals surface area contributed by atoms with Crippen LogP contribution in [0.5, 0.6) is 0 Å². The van der Waals surface area contributed by atoms with Crippen LogP contribution in [0.3, 0.4) is 0 Å². The van der Waals surface area contributed by atoms with Crippen molar-refractivity contribution in [3.8, 4) is 0 Å². The topological polar surface area (TPSA) is 46.2 Å². The number of sulfone groups is 1. The van der Waals surface area contributed by atoms with E-state index in [4.69, 9.17) is 0 Å². The lowest BCUT2D eigenvalue weighted by Gasteiger charge is -2.10. The van der Waals surface area contributed by atoms with Crippen molar-refractivity contribution in [3.05, 3.63) is 43.5 Å². The Hall–Kier alpha value is -0.370. The molecule has 0 aliphatic rings. The molecule has 7 heteroatoms. The SMILES string of the molecule is CCS(=O)(=O)c1ccccc1NCc1cc(Br)c(Br)s1. The number of para-hydroxylation sites is 1. The lowest BCUT2D eigenvalue weighted by atomic mass is 10.3. The molecule has 1 aromatic carbocycles. The van der Waals surface area contributed by atoms with Gasteiger partial charge in [0.1, 0.15) is 0 Å². The Balaban J connectivity index is 2.22. The fourth-order valence-corrected chi connectivity index (χ4v) is 4.89. The summed E-state index contributed by atoms with van der Waals surface area (Å²) in [6.07, 6.45) is 0. The number of rotatable bonds is 5. The van der Waals surface area contributed by atoms with Crippen LogP contribution in [-0.4, -0.2) is 14.2 Å². The highest BCUT2D eigenvalue weighted by Gasteiger charge is 2.16. The van der Waals surface area contributed by atoms with Crippen molar-refractivity contribution in [2.75, 3.05) is 11.1 Å². The summed E-state index contributed by atoms with van der Waals surface area (Å²) < 4.78 is 26.1. The van der Waals surface area contributed by atoms with Gasteiger partial charge in [-0.2, -0.15) is 0 Å². The van der Waals surface area contributed by atoms with E-state index in [0.29, 0.717) is 17.1 Å². The second kappa shape index (κ2) is 6.60. The second-order valence-corrected chi connectivity index (χ2v) is 9.64. The molecule has 0 unspecified atom stereocenters. The molecule has 1 heterocycles. The zero-order valence-electron chi connectivity index (χ0n) is 10.7. The van der Waals surface area contributed by atoms with Gasteiger partial charge >= 0.3 is 0 Å². The highest BCUT2D eigenvalue weighted by molar-refractivity contribution is 9.13. The summed E-state index contributed by atoms with van der Waals surface area (Å²) in [5, 5.41) is 3.20. The van der Waals surface area contributed by atoms with Crippen molar-refractivity contribution in [1.29, 1.82) is 0 Å². The number of halogens is 2. The monoisotopic (exact) mass is 437 g/mol. The first kappa shape index (κ1) is 16.0. The van der Waals surface area contributed by atoms with Crippen LogP contribution in [0.4, 0.5) is 5.69 Å². The molecular formula is C13H13Br2NO2S2. The van der Waals surface area contributed by atoms with E-state index >= 15 is 0 Å². The molecule has 1 aromatic heterocycles. The van der Waals surface area contributed by atoms with Gasteiger partial charge in [0, 0.05) is 15.9 Å². The van der Waals surface area contributed by atoms with E-state index in [9.17, 15) is 8.42 Å². The molecule has 0 saturated carbocycles. The van der Waals surface area contributed by atoms with Crippen molar-refractivity contribution in [1.82, 2.24) is 0 Å². The fourth-order valence-electron chi connectivity index (χ4n) is 1.70. The minimum absolute atomic E-state index is 0.0990. The van der Waals surface area contributed by atoms with Crippen molar-refractivity contribution in [3.63, 3.8) is 0 Å². The Bertz CT molecular complexity index is 691. The molecule has 3 nitrogen and oxygen atoms in total. The Morgan fingerprint density at radius 3 is 2.55 bits per heavy atom. The average Bonchev–Trinajstić information content (AvgIpc) is 2.76. The number of benzene rings is 1. The molecule has 0 aliphatic heterocycles. The van der Waals surface area contributed by atoms with E-state index in [2.05, 4.69) is 37.2 Å². The van der Waals surface area contributed by atoms with Gasteiger partial charge in [0.2, 0.25) is 0 Å². The van der Waals surface area contributed by atoms with Gasteiger partial charge in [-0.1, -0.05) is 19.1 Å². The molecule has 0 aliphatic carbocycles. The minimum Gasteiger partial charge on any atom is -0.379 e. The first-order valence-electron chi connectivity index (χ1n) is 5.93. The summed E-state index contributed by atoms with van der Waals surface area (Å²) in [5.74, 6) is 0.0990. The average molecular weight is 439 g/mol. The summed E-state index contributed by atoms with van der Waals surface area (Å²) in [7, 11) is -3.21. The van der Waals surface area contributed by atoms with E-state index in [1.165, 1.54) is 0 Å². The molecule has 0 fully saturated rings. The molecule has 2 rings (SSSR count). The number of thiophene rings is 1. The summed E-state index contributed by atoms with van der Waals surface area (Å²) in [4.78, 5) is 1.48. The minimum atomic E-state index is -3.21. The molecule has 0 amide bonds. The molecule has 0 radical (unpaired) electrons. The Morgan fingerprint density at radius 1 is 1.25 bits per heavy atom. The lowest BCUT2D eigenvalue weighted by Crippen LogP contribution is -2.08. The smallest absolute Gasteiger partial charge is 0.180 e. The maximum absolute atomic E-state index is 12.0. The zero-order chi connectivity index (χ0) is 14.8. The van der Waals surface area contributed by atoms with Gasteiger partial charge in [0.25, 0.3) is 0 Å². The molecule has 2 aromatic rings. The lowest BCUT2D eigenvalue weighted by molar-refractivity contribution is 0.597. The third-order valence-electron chi connectivity index (χ3n) is 2.75. The van der Waals surface area contributed by atoms with Crippen molar-refractivity contribution < 1.29 is 8.42 Å². The van der Waals surface area contributed by atoms with Crippen molar-refractivity contribution in [2.24, 2.45) is 0 Å². The van der Waals surface area contributed by atoms with E-state index in [0.717, 1.165) is 13.1 Å². The van der Waals surface area contributed by atoms with Crippen LogP contribution in [0.15, 0.2) is 43.5 Å². The summed E-state index contributed by atoms with van der Waals surface area (Å²) >= 11 is 8.50. The van der Waals surface area contributed by atoms with Crippen LogP contribution >= 0.6 is 43.2 Å². The summed E-state index contributed by atoms with van der Waals surface area (Å²) in [6.45, 7) is 2.24. The molecule has 0 saturated heterocycles. The Labute approximate surface area is 139 Å². The first-order valence-corrected chi connectivity index (χ1v) is 9.99. The molecule has 0 atom stereocenters. The van der Waals surface area contributed by atoms with Crippen LogP contribution < -0.4 is 5.32 Å². The summed E-state index contributed by atoms with van der Waals surface area (Å²) in [5.41, 5.74) is 0.648. The van der Waals surface area contributed by atoms with E-state index < -0.39 is 9.84 Å². The van der Waals surface area contributed by atoms with Gasteiger partial charge in [-0.25, -0.2) is 8.42 Å². The molecule has 108 valence electrons.